The van der Waals surface area contributed by atoms with E-state index in [9.17, 15) is 0 Å². The molecule has 0 aliphatic rings. The SMILES string of the molecule is CCOc1ccc(OCc2cncc(Br)c2)cc1. The quantitative estimate of drug-likeness (QED) is 0.841. The molecule has 0 saturated heterocycles. The molecule has 0 unspecified atom stereocenters. The highest BCUT2D eigenvalue weighted by molar-refractivity contribution is 9.10. The molecule has 0 spiro atoms. The zero-order valence-corrected chi connectivity index (χ0v) is 11.7. The Morgan fingerprint density at radius 2 is 1.72 bits per heavy atom. The van der Waals surface area contributed by atoms with Gasteiger partial charge in [-0.3, -0.25) is 4.98 Å². The number of rotatable bonds is 5. The summed E-state index contributed by atoms with van der Waals surface area (Å²) in [5, 5.41) is 0. The van der Waals surface area contributed by atoms with Crippen molar-refractivity contribution in [2.75, 3.05) is 6.61 Å². The lowest BCUT2D eigenvalue weighted by Gasteiger charge is -2.07. The van der Waals surface area contributed by atoms with Crippen molar-refractivity contribution in [3.8, 4) is 11.5 Å². The highest BCUT2D eigenvalue weighted by Gasteiger charge is 1.98. The van der Waals surface area contributed by atoms with Gasteiger partial charge in [0.05, 0.1) is 6.61 Å². The molecule has 1 heterocycles. The van der Waals surface area contributed by atoms with Gasteiger partial charge in [0.1, 0.15) is 18.1 Å². The average molecular weight is 308 g/mol. The fraction of sp³-hybridized carbons (Fsp3) is 0.214. The topological polar surface area (TPSA) is 31.4 Å². The molecule has 2 aromatic rings. The molecule has 2 rings (SSSR count). The first kappa shape index (κ1) is 12.9. The molecule has 94 valence electrons. The number of halogens is 1. The molecular weight excluding hydrogens is 294 g/mol. The van der Waals surface area contributed by atoms with Gasteiger partial charge < -0.3 is 9.47 Å². The van der Waals surface area contributed by atoms with E-state index >= 15 is 0 Å². The molecule has 1 aromatic carbocycles. The zero-order valence-electron chi connectivity index (χ0n) is 10.1. The molecule has 0 aliphatic heterocycles. The third-order valence-electron chi connectivity index (χ3n) is 2.30. The Bertz CT molecular complexity index is 499. The van der Waals surface area contributed by atoms with Crippen LogP contribution < -0.4 is 9.47 Å². The van der Waals surface area contributed by atoms with Gasteiger partial charge in [0.25, 0.3) is 0 Å². The van der Waals surface area contributed by atoms with Gasteiger partial charge >= 0.3 is 0 Å². The maximum absolute atomic E-state index is 5.66. The van der Waals surface area contributed by atoms with Crippen molar-refractivity contribution in [3.05, 3.63) is 52.8 Å². The van der Waals surface area contributed by atoms with Crippen LogP contribution in [0.1, 0.15) is 12.5 Å². The first-order chi connectivity index (χ1) is 8.78. The molecule has 1 aromatic heterocycles. The van der Waals surface area contributed by atoms with Crippen LogP contribution in [0.15, 0.2) is 47.2 Å². The highest BCUT2D eigenvalue weighted by atomic mass is 79.9. The lowest BCUT2D eigenvalue weighted by molar-refractivity contribution is 0.303. The van der Waals surface area contributed by atoms with Gasteiger partial charge in [-0.25, -0.2) is 0 Å². The summed E-state index contributed by atoms with van der Waals surface area (Å²) in [6.07, 6.45) is 3.54. The second-order valence-corrected chi connectivity index (χ2v) is 4.62. The average Bonchev–Trinajstić information content (AvgIpc) is 2.38. The van der Waals surface area contributed by atoms with Gasteiger partial charge in [-0.05, 0) is 53.2 Å². The summed E-state index contributed by atoms with van der Waals surface area (Å²) in [4.78, 5) is 4.09. The van der Waals surface area contributed by atoms with Crippen molar-refractivity contribution in [1.82, 2.24) is 4.98 Å². The minimum atomic E-state index is 0.500. The van der Waals surface area contributed by atoms with Crippen LogP contribution in [0.4, 0.5) is 0 Å². The van der Waals surface area contributed by atoms with E-state index in [1.54, 1.807) is 12.4 Å². The maximum Gasteiger partial charge on any atom is 0.120 e. The van der Waals surface area contributed by atoms with E-state index in [-0.39, 0.29) is 0 Å². The van der Waals surface area contributed by atoms with E-state index < -0.39 is 0 Å². The zero-order chi connectivity index (χ0) is 12.8. The van der Waals surface area contributed by atoms with Crippen molar-refractivity contribution in [2.45, 2.75) is 13.5 Å². The number of pyridine rings is 1. The van der Waals surface area contributed by atoms with Crippen molar-refractivity contribution in [3.63, 3.8) is 0 Å². The Morgan fingerprint density at radius 3 is 2.33 bits per heavy atom. The molecule has 4 heteroatoms. The standard InChI is InChI=1S/C14H14BrNO2/c1-2-17-13-3-5-14(6-4-13)18-10-11-7-12(15)9-16-8-11/h3-9H,2,10H2,1H3. The Hall–Kier alpha value is -1.55. The number of nitrogens with zero attached hydrogens (tertiary/aromatic N) is 1. The molecule has 18 heavy (non-hydrogen) atoms. The minimum Gasteiger partial charge on any atom is -0.494 e. The molecule has 0 fully saturated rings. The first-order valence-electron chi connectivity index (χ1n) is 5.73. The van der Waals surface area contributed by atoms with Gasteiger partial charge in [0.2, 0.25) is 0 Å². The molecule has 0 amide bonds. The Balaban J connectivity index is 1.93. The van der Waals surface area contributed by atoms with E-state index in [1.807, 2.05) is 37.3 Å². The van der Waals surface area contributed by atoms with Crippen LogP contribution in [0, 0.1) is 0 Å². The van der Waals surface area contributed by atoms with E-state index in [1.165, 1.54) is 0 Å². The number of ether oxygens (including phenoxy) is 2. The minimum absolute atomic E-state index is 0.500. The smallest absolute Gasteiger partial charge is 0.120 e. The van der Waals surface area contributed by atoms with Gasteiger partial charge in [-0.15, -0.1) is 0 Å². The lowest BCUT2D eigenvalue weighted by Crippen LogP contribution is -1.96. The van der Waals surface area contributed by atoms with Crippen LogP contribution in [0.5, 0.6) is 11.5 Å². The second-order valence-electron chi connectivity index (χ2n) is 3.70. The molecule has 0 radical (unpaired) electrons. The Morgan fingerprint density at radius 1 is 1.06 bits per heavy atom. The number of hydrogen-bond acceptors (Lipinski definition) is 3. The summed E-state index contributed by atoms with van der Waals surface area (Å²) in [5.41, 5.74) is 1.03. The Labute approximate surface area is 115 Å². The number of hydrogen-bond donors (Lipinski definition) is 0. The molecular formula is C14H14BrNO2. The maximum atomic E-state index is 5.66. The largest absolute Gasteiger partial charge is 0.494 e. The molecule has 0 aliphatic carbocycles. The summed E-state index contributed by atoms with van der Waals surface area (Å²) in [6, 6.07) is 9.59. The molecule has 0 N–H and O–H groups in total. The summed E-state index contributed by atoms with van der Waals surface area (Å²) < 4.78 is 12.0. The summed E-state index contributed by atoms with van der Waals surface area (Å²) in [5.74, 6) is 1.67. The first-order valence-corrected chi connectivity index (χ1v) is 6.52. The highest BCUT2D eigenvalue weighted by Crippen LogP contribution is 2.19. The fourth-order valence-corrected chi connectivity index (χ4v) is 1.91. The number of aromatic nitrogens is 1. The van der Waals surface area contributed by atoms with Crippen LogP contribution in [-0.2, 0) is 6.61 Å². The van der Waals surface area contributed by atoms with Crippen molar-refractivity contribution < 1.29 is 9.47 Å². The van der Waals surface area contributed by atoms with Crippen LogP contribution in [-0.4, -0.2) is 11.6 Å². The van der Waals surface area contributed by atoms with E-state index in [0.717, 1.165) is 21.5 Å². The van der Waals surface area contributed by atoms with Crippen molar-refractivity contribution in [2.24, 2.45) is 0 Å². The molecule has 0 saturated carbocycles. The van der Waals surface area contributed by atoms with E-state index in [2.05, 4.69) is 20.9 Å². The molecule has 0 atom stereocenters. The van der Waals surface area contributed by atoms with Gasteiger partial charge in [0.15, 0.2) is 0 Å². The van der Waals surface area contributed by atoms with Gasteiger partial charge in [0, 0.05) is 22.4 Å². The predicted octanol–water partition coefficient (Wildman–Crippen LogP) is 3.82. The Kier molecular flexibility index (Phi) is 4.59. The van der Waals surface area contributed by atoms with Crippen molar-refractivity contribution in [1.29, 1.82) is 0 Å². The summed E-state index contributed by atoms with van der Waals surface area (Å²) in [6.45, 7) is 3.13. The van der Waals surface area contributed by atoms with Gasteiger partial charge in [-0.1, -0.05) is 0 Å². The fourth-order valence-electron chi connectivity index (χ4n) is 1.50. The summed E-state index contributed by atoms with van der Waals surface area (Å²) >= 11 is 3.38. The predicted molar refractivity (Wildman–Crippen MR) is 73.9 cm³/mol. The monoisotopic (exact) mass is 307 g/mol. The van der Waals surface area contributed by atoms with E-state index in [0.29, 0.717) is 13.2 Å². The van der Waals surface area contributed by atoms with Crippen LogP contribution in [0.3, 0.4) is 0 Å². The van der Waals surface area contributed by atoms with Crippen molar-refractivity contribution >= 4 is 15.9 Å². The van der Waals surface area contributed by atoms with Crippen LogP contribution in [0.2, 0.25) is 0 Å². The van der Waals surface area contributed by atoms with Crippen LogP contribution in [0.25, 0.3) is 0 Å². The lowest BCUT2D eigenvalue weighted by atomic mass is 10.3. The van der Waals surface area contributed by atoms with E-state index in [4.69, 9.17) is 9.47 Å². The molecule has 0 bridgehead atoms. The molecule has 3 nitrogen and oxygen atoms in total. The van der Waals surface area contributed by atoms with Gasteiger partial charge in [-0.2, -0.15) is 0 Å². The number of benzene rings is 1. The normalized spacial score (nSPS) is 10.1. The third-order valence-corrected chi connectivity index (χ3v) is 2.74. The second kappa shape index (κ2) is 6.40. The van der Waals surface area contributed by atoms with Crippen LogP contribution >= 0.6 is 15.9 Å². The third kappa shape index (κ3) is 3.74. The summed E-state index contributed by atoms with van der Waals surface area (Å²) in [7, 11) is 0.